The van der Waals surface area contributed by atoms with Crippen LogP contribution >= 0.6 is 11.3 Å². The van der Waals surface area contributed by atoms with Crippen molar-refractivity contribution < 1.29 is 4.74 Å². The molecule has 1 aliphatic carbocycles. The minimum Gasteiger partial charge on any atom is -0.496 e. The average Bonchev–Trinajstić information content (AvgIpc) is 3.34. The van der Waals surface area contributed by atoms with E-state index in [1.807, 2.05) is 19.1 Å². The molecule has 140 valence electrons. The Kier molecular flexibility index (Phi) is 6.14. The van der Waals surface area contributed by atoms with Crippen molar-refractivity contribution in [2.45, 2.75) is 38.5 Å². The molecule has 2 N–H and O–H groups in total. The molecular weight excluding hydrogens is 344 g/mol. The second-order valence-electron chi connectivity index (χ2n) is 6.71. The highest BCUT2D eigenvalue weighted by Crippen LogP contribution is 2.51. The molecular formula is C20H28N4OS. The average molecular weight is 373 g/mol. The minimum absolute atomic E-state index is 0.126. The molecule has 0 atom stereocenters. The van der Waals surface area contributed by atoms with Gasteiger partial charge in [0.2, 0.25) is 0 Å². The first kappa shape index (κ1) is 18.7. The molecule has 5 nitrogen and oxygen atoms in total. The third-order valence-corrected chi connectivity index (χ3v) is 5.58. The number of para-hydroxylation sites is 1. The maximum atomic E-state index is 5.56. The van der Waals surface area contributed by atoms with Crippen molar-refractivity contribution in [1.82, 2.24) is 15.6 Å². The van der Waals surface area contributed by atoms with Crippen LogP contribution in [0.25, 0.3) is 0 Å². The third-order valence-electron chi connectivity index (χ3n) is 4.76. The monoisotopic (exact) mass is 372 g/mol. The van der Waals surface area contributed by atoms with E-state index < -0.39 is 0 Å². The normalized spacial score (nSPS) is 15.6. The Hall–Kier alpha value is -2.08. The number of guanidine groups is 1. The number of methoxy groups -OCH3 is 1. The fourth-order valence-electron chi connectivity index (χ4n) is 3.15. The summed E-state index contributed by atoms with van der Waals surface area (Å²) in [6.07, 6.45) is 3.23. The molecule has 0 aliphatic heterocycles. The van der Waals surface area contributed by atoms with Gasteiger partial charge in [0.1, 0.15) is 5.75 Å². The number of aliphatic imine (C=N–C) groups is 1. The molecule has 1 heterocycles. The second kappa shape index (κ2) is 8.54. The van der Waals surface area contributed by atoms with Gasteiger partial charge in [0.25, 0.3) is 0 Å². The van der Waals surface area contributed by atoms with Crippen LogP contribution in [-0.4, -0.2) is 37.7 Å². The van der Waals surface area contributed by atoms with E-state index in [2.05, 4.69) is 40.1 Å². The topological polar surface area (TPSA) is 58.5 Å². The number of hydrogen-bond donors (Lipinski definition) is 2. The van der Waals surface area contributed by atoms with Gasteiger partial charge in [0.15, 0.2) is 5.96 Å². The second-order valence-corrected chi connectivity index (χ2v) is 7.77. The molecule has 0 spiro atoms. The summed E-state index contributed by atoms with van der Waals surface area (Å²) in [5.74, 6) is 1.85. The molecule has 0 unspecified atom stereocenters. The summed E-state index contributed by atoms with van der Waals surface area (Å²) >= 11 is 1.70. The molecule has 1 fully saturated rings. The largest absolute Gasteiger partial charge is 0.496 e. The van der Waals surface area contributed by atoms with E-state index in [1.165, 1.54) is 5.56 Å². The zero-order valence-electron chi connectivity index (χ0n) is 15.8. The number of aryl methyl sites for hydroxylation is 1. The summed E-state index contributed by atoms with van der Waals surface area (Å²) in [7, 11) is 1.74. The van der Waals surface area contributed by atoms with Gasteiger partial charge in [0.05, 0.1) is 24.4 Å². The molecule has 0 amide bonds. The highest BCUT2D eigenvalue weighted by Gasteiger charge is 2.46. The zero-order chi connectivity index (χ0) is 18.4. The summed E-state index contributed by atoms with van der Waals surface area (Å²) in [4.78, 5) is 9.37. The first-order valence-corrected chi connectivity index (χ1v) is 10.1. The first-order valence-electron chi connectivity index (χ1n) is 9.23. The fraction of sp³-hybridized carbons (Fsp3) is 0.500. The molecule has 3 rings (SSSR count). The Balaban J connectivity index is 1.61. The Morgan fingerprint density at radius 3 is 2.77 bits per heavy atom. The molecule has 1 saturated carbocycles. The van der Waals surface area contributed by atoms with E-state index in [1.54, 1.807) is 18.4 Å². The van der Waals surface area contributed by atoms with Crippen LogP contribution in [0.3, 0.4) is 0 Å². The number of benzene rings is 1. The van der Waals surface area contributed by atoms with Gasteiger partial charge < -0.3 is 15.4 Å². The Morgan fingerprint density at radius 1 is 1.31 bits per heavy atom. The van der Waals surface area contributed by atoms with Crippen molar-refractivity contribution in [3.05, 3.63) is 45.9 Å². The van der Waals surface area contributed by atoms with Crippen molar-refractivity contribution in [3.8, 4) is 5.75 Å². The minimum atomic E-state index is 0.126. The molecule has 1 aliphatic rings. The van der Waals surface area contributed by atoms with E-state index in [-0.39, 0.29) is 5.41 Å². The van der Waals surface area contributed by atoms with Crippen LogP contribution in [0.2, 0.25) is 0 Å². The summed E-state index contributed by atoms with van der Waals surface area (Å²) in [6.45, 7) is 6.59. The lowest BCUT2D eigenvalue weighted by atomic mass is 9.95. The van der Waals surface area contributed by atoms with E-state index in [9.17, 15) is 0 Å². The predicted molar refractivity (Wildman–Crippen MR) is 108 cm³/mol. The molecule has 0 bridgehead atoms. The lowest BCUT2D eigenvalue weighted by Gasteiger charge is -2.18. The Labute approximate surface area is 159 Å². The number of aromatic nitrogens is 1. The van der Waals surface area contributed by atoms with Crippen LogP contribution in [0.15, 0.2) is 34.6 Å². The van der Waals surface area contributed by atoms with Crippen molar-refractivity contribution in [3.63, 3.8) is 0 Å². The van der Waals surface area contributed by atoms with Gasteiger partial charge in [-0.15, -0.1) is 11.3 Å². The van der Waals surface area contributed by atoms with Gasteiger partial charge in [-0.05, 0) is 32.8 Å². The van der Waals surface area contributed by atoms with Crippen LogP contribution in [-0.2, 0) is 11.8 Å². The summed E-state index contributed by atoms with van der Waals surface area (Å²) < 4.78 is 5.56. The molecule has 6 heteroatoms. The summed E-state index contributed by atoms with van der Waals surface area (Å²) in [6, 6.07) is 8.32. The fourth-order valence-corrected chi connectivity index (χ4v) is 3.80. The van der Waals surface area contributed by atoms with Crippen LogP contribution in [0.5, 0.6) is 5.75 Å². The van der Waals surface area contributed by atoms with Gasteiger partial charge in [0, 0.05) is 35.9 Å². The van der Waals surface area contributed by atoms with Crippen LogP contribution < -0.4 is 15.4 Å². The van der Waals surface area contributed by atoms with Crippen LogP contribution in [0.1, 0.15) is 36.0 Å². The standard InChI is InChI=1S/C20H28N4OS/c1-4-21-19(22-12-9-16-13-26-15(2)24-16)23-14-20(10-11-20)17-7-5-6-8-18(17)25-3/h5-8,13H,4,9-12,14H2,1-3H3,(H2,21,22,23). The quantitative estimate of drug-likeness (QED) is 0.551. The number of thiazole rings is 1. The van der Waals surface area contributed by atoms with Crippen LogP contribution in [0.4, 0.5) is 0 Å². The Bertz CT molecular complexity index is 752. The highest BCUT2D eigenvalue weighted by atomic mass is 32.1. The maximum Gasteiger partial charge on any atom is 0.191 e. The van der Waals surface area contributed by atoms with Crippen molar-refractivity contribution in [2.24, 2.45) is 4.99 Å². The van der Waals surface area contributed by atoms with Gasteiger partial charge in [-0.3, -0.25) is 4.99 Å². The summed E-state index contributed by atoms with van der Waals surface area (Å²) in [5, 5.41) is 10.0. The molecule has 1 aromatic heterocycles. The zero-order valence-corrected chi connectivity index (χ0v) is 16.7. The van der Waals surface area contributed by atoms with E-state index in [0.29, 0.717) is 0 Å². The third kappa shape index (κ3) is 4.55. The van der Waals surface area contributed by atoms with E-state index in [4.69, 9.17) is 9.73 Å². The smallest absolute Gasteiger partial charge is 0.191 e. The van der Waals surface area contributed by atoms with Gasteiger partial charge in [-0.1, -0.05) is 18.2 Å². The van der Waals surface area contributed by atoms with Gasteiger partial charge >= 0.3 is 0 Å². The van der Waals surface area contributed by atoms with E-state index >= 15 is 0 Å². The molecule has 1 aromatic carbocycles. The maximum absolute atomic E-state index is 5.56. The summed E-state index contributed by atoms with van der Waals surface area (Å²) in [5.41, 5.74) is 2.55. The van der Waals surface area contributed by atoms with Gasteiger partial charge in [-0.2, -0.15) is 0 Å². The van der Waals surface area contributed by atoms with Crippen molar-refractivity contribution in [1.29, 1.82) is 0 Å². The number of nitrogens with zero attached hydrogens (tertiary/aromatic N) is 2. The number of ether oxygens (including phenoxy) is 1. The molecule has 0 radical (unpaired) electrons. The molecule has 26 heavy (non-hydrogen) atoms. The number of rotatable bonds is 8. The van der Waals surface area contributed by atoms with Crippen molar-refractivity contribution >= 4 is 17.3 Å². The first-order chi connectivity index (χ1) is 12.7. The lowest BCUT2D eigenvalue weighted by molar-refractivity contribution is 0.404. The highest BCUT2D eigenvalue weighted by molar-refractivity contribution is 7.09. The molecule has 0 saturated heterocycles. The van der Waals surface area contributed by atoms with Crippen LogP contribution in [0, 0.1) is 6.92 Å². The van der Waals surface area contributed by atoms with Crippen molar-refractivity contribution in [2.75, 3.05) is 26.7 Å². The number of hydrogen-bond acceptors (Lipinski definition) is 4. The SMILES string of the molecule is CCNC(=NCC1(c2ccccc2OC)CC1)NCCc1csc(C)n1. The lowest BCUT2D eigenvalue weighted by Crippen LogP contribution is -2.39. The Morgan fingerprint density at radius 2 is 2.12 bits per heavy atom. The predicted octanol–water partition coefficient (Wildman–Crippen LogP) is 3.29. The molecule has 2 aromatic rings. The van der Waals surface area contributed by atoms with Gasteiger partial charge in [-0.25, -0.2) is 4.98 Å². The number of nitrogens with one attached hydrogen (secondary N) is 2. The van der Waals surface area contributed by atoms with E-state index in [0.717, 1.165) is 61.3 Å².